The minimum Gasteiger partial charge on any atom is -0.348 e. The number of fused-ring (bicyclic) bond motifs is 1. The van der Waals surface area contributed by atoms with Gasteiger partial charge in [0.25, 0.3) is 5.91 Å². The molecule has 0 atom stereocenters. The van der Waals surface area contributed by atoms with Crippen LogP contribution in [-0.2, 0) is 6.42 Å². The summed E-state index contributed by atoms with van der Waals surface area (Å²) >= 11 is 0. The summed E-state index contributed by atoms with van der Waals surface area (Å²) < 4.78 is 14.1. The Kier molecular flexibility index (Phi) is 2.58. The fourth-order valence-corrected chi connectivity index (χ4v) is 2.29. The molecule has 0 spiro atoms. The van der Waals surface area contributed by atoms with E-state index < -0.39 is 0 Å². The summed E-state index contributed by atoms with van der Waals surface area (Å²) in [6, 6.07) is 5.38. The van der Waals surface area contributed by atoms with Gasteiger partial charge in [0, 0.05) is 19.9 Å². The third kappa shape index (κ3) is 1.60. The second-order valence-electron chi connectivity index (χ2n) is 4.69. The van der Waals surface area contributed by atoms with E-state index in [4.69, 9.17) is 0 Å². The Morgan fingerprint density at radius 3 is 2.89 bits per heavy atom. The van der Waals surface area contributed by atoms with Crippen molar-refractivity contribution in [1.29, 1.82) is 0 Å². The lowest BCUT2D eigenvalue weighted by molar-refractivity contribution is 0.0646. The predicted molar refractivity (Wildman–Crippen MR) is 70.3 cm³/mol. The van der Waals surface area contributed by atoms with Gasteiger partial charge in [0.1, 0.15) is 11.5 Å². The van der Waals surface area contributed by atoms with Gasteiger partial charge >= 0.3 is 0 Å². The van der Waals surface area contributed by atoms with Crippen LogP contribution in [0.4, 0.5) is 4.39 Å². The number of benzene rings is 1. The van der Waals surface area contributed by atoms with Gasteiger partial charge in [0.15, 0.2) is 0 Å². The van der Waals surface area contributed by atoms with E-state index in [1.165, 1.54) is 0 Å². The number of aromatic nitrogens is 1. The maximum absolute atomic E-state index is 14.1. The molecule has 0 bridgehead atoms. The van der Waals surface area contributed by atoms with E-state index in [9.17, 15) is 9.18 Å². The number of carbonyl (C=O) groups excluding carboxylic acids is 1. The smallest absolute Gasteiger partial charge is 0.270 e. The number of halogens is 1. The van der Waals surface area contributed by atoms with Crippen LogP contribution in [0.15, 0.2) is 18.2 Å². The molecule has 0 saturated carbocycles. The molecule has 96 valence electrons. The van der Waals surface area contributed by atoms with Crippen molar-refractivity contribution in [2.75, 3.05) is 13.1 Å². The van der Waals surface area contributed by atoms with Crippen molar-refractivity contribution in [1.82, 2.24) is 9.88 Å². The normalized spacial score (nSPS) is 14.9. The zero-order valence-corrected chi connectivity index (χ0v) is 10.3. The number of amides is 1. The number of aromatic amines is 1. The first kappa shape index (κ1) is 11.3. The molecule has 2 aromatic rings. The summed E-state index contributed by atoms with van der Waals surface area (Å²) in [5.74, 6) is -0.271. The third-order valence-corrected chi connectivity index (χ3v) is 3.57. The Bertz CT molecular complexity index is 619. The Morgan fingerprint density at radius 2 is 2.28 bits per heavy atom. The van der Waals surface area contributed by atoms with Crippen molar-refractivity contribution >= 4 is 16.8 Å². The summed E-state index contributed by atoms with van der Waals surface area (Å²) in [7, 11) is 0. The lowest BCUT2D eigenvalue weighted by atomic mass is 10.1. The molecule has 3 nitrogen and oxygen atoms in total. The summed E-state index contributed by atoms with van der Waals surface area (Å²) in [5, 5.41) is 0.758. The highest BCUT2D eigenvalue weighted by molar-refractivity contribution is 5.98. The topological polar surface area (TPSA) is 36.1 Å². The number of nitrogens with one attached hydrogen (secondary N) is 1. The van der Waals surface area contributed by atoms with Gasteiger partial charge in [-0.25, -0.2) is 4.39 Å². The average molecular weight is 248 g/mol. The molecular formula is C14H17FN2O. The van der Waals surface area contributed by atoms with E-state index in [0.717, 1.165) is 24.9 Å². The van der Waals surface area contributed by atoms with Gasteiger partial charge in [-0.1, -0.05) is 19.1 Å². The molecule has 1 saturated heterocycles. The molecule has 4 heteroatoms. The minimum atomic E-state index is -0.238. The highest BCUT2D eigenvalue weighted by atomic mass is 19.1. The Morgan fingerprint density at radius 1 is 1.50 bits per heavy atom. The molecule has 3 rings (SSSR count). The van der Waals surface area contributed by atoms with Crippen LogP contribution in [0.3, 0.4) is 0 Å². The molecule has 0 radical (unpaired) electrons. The highest BCUT2D eigenvalue weighted by Crippen LogP contribution is 2.23. The van der Waals surface area contributed by atoms with E-state index in [-0.39, 0.29) is 13.2 Å². The van der Waals surface area contributed by atoms with Crippen LogP contribution in [0.5, 0.6) is 0 Å². The van der Waals surface area contributed by atoms with Gasteiger partial charge in [0.05, 0.1) is 5.52 Å². The standard InChI is InChI=1S/C14H15FN2O.H2/c1-2-9-4-5-10-8-11(16-13(10)12(9)15)14(18)17-6-3-7-17;/h4-5,8,16H,2-3,6-7H2,1H3;1H. The minimum absolute atomic E-state index is 0. The number of carbonyl (C=O) groups is 1. The first-order chi connectivity index (χ1) is 8.70. The number of aryl methyl sites for hydroxylation is 1. The molecule has 1 aromatic heterocycles. The van der Waals surface area contributed by atoms with Crippen LogP contribution in [0.2, 0.25) is 0 Å². The SMILES string of the molecule is CCc1ccc2cc(C(=O)N3CCC3)[nH]c2c1F.[HH]. The molecule has 1 amide bonds. The van der Waals surface area contributed by atoms with Crippen LogP contribution < -0.4 is 0 Å². The van der Waals surface area contributed by atoms with Crippen molar-refractivity contribution in [3.63, 3.8) is 0 Å². The zero-order chi connectivity index (χ0) is 12.7. The molecule has 1 fully saturated rings. The second-order valence-corrected chi connectivity index (χ2v) is 4.69. The predicted octanol–water partition coefficient (Wildman–Crippen LogP) is 2.96. The Balaban J connectivity index is 0.00000133. The van der Waals surface area contributed by atoms with Crippen LogP contribution in [0.25, 0.3) is 10.9 Å². The first-order valence-electron chi connectivity index (χ1n) is 6.30. The molecule has 0 unspecified atom stereocenters. The number of nitrogens with zero attached hydrogens (tertiary/aromatic N) is 1. The van der Waals surface area contributed by atoms with Crippen molar-refractivity contribution in [3.05, 3.63) is 35.3 Å². The van der Waals surface area contributed by atoms with Gasteiger partial charge in [-0.15, -0.1) is 0 Å². The van der Waals surface area contributed by atoms with Gasteiger partial charge in [-0.2, -0.15) is 0 Å². The Labute approximate surface area is 106 Å². The van der Waals surface area contributed by atoms with Gasteiger partial charge in [0.2, 0.25) is 0 Å². The van der Waals surface area contributed by atoms with Crippen molar-refractivity contribution in [3.8, 4) is 0 Å². The fraction of sp³-hybridized carbons (Fsp3) is 0.357. The number of hydrogen-bond donors (Lipinski definition) is 1. The van der Waals surface area contributed by atoms with Gasteiger partial charge < -0.3 is 9.88 Å². The zero-order valence-electron chi connectivity index (χ0n) is 10.3. The number of rotatable bonds is 2. The van der Waals surface area contributed by atoms with Crippen molar-refractivity contribution in [2.45, 2.75) is 19.8 Å². The number of hydrogen-bond acceptors (Lipinski definition) is 1. The van der Waals surface area contributed by atoms with E-state index >= 15 is 0 Å². The van der Waals surface area contributed by atoms with E-state index in [1.54, 1.807) is 17.0 Å². The molecule has 1 aliphatic heterocycles. The molecule has 1 aromatic carbocycles. The lowest BCUT2D eigenvalue weighted by Crippen LogP contribution is -2.42. The highest BCUT2D eigenvalue weighted by Gasteiger charge is 2.23. The molecular weight excluding hydrogens is 231 g/mol. The van der Waals surface area contributed by atoms with E-state index in [2.05, 4.69) is 4.98 Å². The molecule has 1 N–H and O–H groups in total. The number of H-pyrrole nitrogens is 1. The van der Waals surface area contributed by atoms with Crippen LogP contribution in [-0.4, -0.2) is 28.9 Å². The summed E-state index contributed by atoms with van der Waals surface area (Å²) in [5.41, 5.74) is 1.60. The lowest BCUT2D eigenvalue weighted by Gasteiger charge is -2.30. The second kappa shape index (κ2) is 4.12. The quantitative estimate of drug-likeness (QED) is 0.871. The first-order valence-corrected chi connectivity index (χ1v) is 6.30. The van der Waals surface area contributed by atoms with Crippen LogP contribution in [0, 0.1) is 5.82 Å². The summed E-state index contributed by atoms with van der Waals surface area (Å²) in [6.45, 7) is 3.52. The largest absolute Gasteiger partial charge is 0.348 e. The van der Waals surface area contributed by atoms with Crippen LogP contribution in [0.1, 0.15) is 30.8 Å². The van der Waals surface area contributed by atoms with E-state index in [1.807, 2.05) is 13.0 Å². The summed E-state index contributed by atoms with van der Waals surface area (Å²) in [6.07, 6.45) is 1.70. The maximum Gasteiger partial charge on any atom is 0.270 e. The molecule has 18 heavy (non-hydrogen) atoms. The number of likely N-dealkylation sites (tertiary alicyclic amines) is 1. The third-order valence-electron chi connectivity index (χ3n) is 3.57. The maximum atomic E-state index is 14.1. The van der Waals surface area contributed by atoms with Crippen molar-refractivity contribution < 1.29 is 10.6 Å². The fourth-order valence-electron chi connectivity index (χ4n) is 2.29. The van der Waals surface area contributed by atoms with E-state index in [0.29, 0.717) is 23.2 Å². The monoisotopic (exact) mass is 248 g/mol. The van der Waals surface area contributed by atoms with Gasteiger partial charge in [-0.05, 0) is 24.5 Å². The average Bonchev–Trinajstić information content (AvgIpc) is 2.72. The van der Waals surface area contributed by atoms with Crippen molar-refractivity contribution in [2.24, 2.45) is 0 Å². The van der Waals surface area contributed by atoms with Gasteiger partial charge in [-0.3, -0.25) is 4.79 Å². The Hall–Kier alpha value is -1.84. The molecule has 1 aliphatic rings. The molecule has 0 aliphatic carbocycles. The van der Waals surface area contributed by atoms with Crippen LogP contribution >= 0.6 is 0 Å². The molecule has 2 heterocycles. The summed E-state index contributed by atoms with van der Waals surface area (Å²) in [4.78, 5) is 16.7.